The number of thiophene rings is 1. The number of anilines is 1. The highest BCUT2D eigenvalue weighted by Gasteiger charge is 2.22. The predicted molar refractivity (Wildman–Crippen MR) is 111 cm³/mol. The summed E-state index contributed by atoms with van der Waals surface area (Å²) < 4.78 is 0.840. The zero-order valence-corrected chi connectivity index (χ0v) is 18.0. The maximum atomic E-state index is 12.5. The van der Waals surface area contributed by atoms with Crippen molar-refractivity contribution < 1.29 is 14.4 Å². The van der Waals surface area contributed by atoms with Crippen LogP contribution in [0.5, 0.6) is 0 Å². The molecule has 0 aliphatic carbocycles. The molecule has 0 radical (unpaired) electrons. The number of hydrogen-bond acceptors (Lipinski definition) is 4. The van der Waals surface area contributed by atoms with Gasteiger partial charge in [-0.3, -0.25) is 14.4 Å². The molecule has 0 saturated carbocycles. The van der Waals surface area contributed by atoms with Crippen LogP contribution in [-0.2, 0) is 9.59 Å². The monoisotopic (exact) mass is 451 g/mol. The molecule has 1 aromatic heterocycles. The lowest BCUT2D eigenvalue weighted by Crippen LogP contribution is -2.47. The highest BCUT2D eigenvalue weighted by atomic mass is 79.9. The number of carbonyl (C=O) groups is 3. The van der Waals surface area contributed by atoms with E-state index in [9.17, 15) is 14.4 Å². The fourth-order valence-electron chi connectivity index (χ4n) is 2.58. The number of nitrogens with one attached hydrogen (secondary N) is 2. The van der Waals surface area contributed by atoms with Gasteiger partial charge in [-0.25, -0.2) is 0 Å². The van der Waals surface area contributed by atoms with Crippen LogP contribution in [0.2, 0.25) is 0 Å². The first-order valence-corrected chi connectivity index (χ1v) is 9.97. The zero-order chi connectivity index (χ0) is 20.1. The van der Waals surface area contributed by atoms with E-state index in [1.165, 1.54) is 23.3 Å². The molecule has 3 amide bonds. The van der Waals surface area contributed by atoms with Crippen molar-refractivity contribution in [3.63, 3.8) is 0 Å². The molecular weight excluding hydrogens is 430 g/mol. The van der Waals surface area contributed by atoms with E-state index >= 15 is 0 Å². The summed E-state index contributed by atoms with van der Waals surface area (Å²) in [6.45, 7) is 5.33. The predicted octanol–water partition coefficient (Wildman–Crippen LogP) is 3.34. The molecular formula is C19H22BrN3O3S. The van der Waals surface area contributed by atoms with Crippen molar-refractivity contribution in [3.8, 4) is 0 Å². The summed E-state index contributed by atoms with van der Waals surface area (Å²) >= 11 is 4.59. The highest BCUT2D eigenvalue weighted by Crippen LogP contribution is 2.22. The van der Waals surface area contributed by atoms with Gasteiger partial charge in [0.25, 0.3) is 5.91 Å². The Morgan fingerprint density at radius 3 is 2.33 bits per heavy atom. The van der Waals surface area contributed by atoms with E-state index in [0.717, 1.165) is 20.6 Å². The van der Waals surface area contributed by atoms with E-state index in [1.807, 2.05) is 32.0 Å². The number of para-hydroxylation sites is 1. The molecule has 27 heavy (non-hydrogen) atoms. The Labute approximate surface area is 171 Å². The average Bonchev–Trinajstić information content (AvgIpc) is 3.04. The van der Waals surface area contributed by atoms with Gasteiger partial charge < -0.3 is 15.5 Å². The maximum Gasteiger partial charge on any atom is 0.262 e. The van der Waals surface area contributed by atoms with Crippen LogP contribution in [0.4, 0.5) is 5.69 Å². The van der Waals surface area contributed by atoms with Crippen molar-refractivity contribution in [3.05, 3.63) is 50.1 Å². The van der Waals surface area contributed by atoms with Gasteiger partial charge in [0.1, 0.15) is 6.04 Å². The minimum absolute atomic E-state index is 0.0998. The first kappa shape index (κ1) is 21.1. The van der Waals surface area contributed by atoms with E-state index in [1.54, 1.807) is 19.1 Å². The van der Waals surface area contributed by atoms with Crippen LogP contribution in [0.1, 0.15) is 27.7 Å². The number of rotatable bonds is 6. The van der Waals surface area contributed by atoms with E-state index < -0.39 is 6.04 Å². The average molecular weight is 452 g/mol. The lowest BCUT2D eigenvalue weighted by atomic mass is 10.1. The summed E-state index contributed by atoms with van der Waals surface area (Å²) in [5.74, 6) is -0.945. The molecule has 2 rings (SSSR count). The molecule has 0 aliphatic rings. The quantitative estimate of drug-likeness (QED) is 0.706. The molecule has 144 valence electrons. The minimum atomic E-state index is -0.739. The van der Waals surface area contributed by atoms with Crippen LogP contribution < -0.4 is 10.6 Å². The Balaban J connectivity index is 1.92. The summed E-state index contributed by atoms with van der Waals surface area (Å²) in [6, 6.07) is 8.47. The number of benzene rings is 1. The third kappa shape index (κ3) is 5.64. The molecule has 1 atom stereocenters. The molecule has 2 N–H and O–H groups in total. The van der Waals surface area contributed by atoms with Gasteiger partial charge in [-0.05, 0) is 60.0 Å². The van der Waals surface area contributed by atoms with Gasteiger partial charge in [0, 0.05) is 12.7 Å². The normalized spacial score (nSPS) is 11.6. The number of halogens is 1. The van der Waals surface area contributed by atoms with Gasteiger partial charge in [-0.1, -0.05) is 18.2 Å². The Bertz CT molecular complexity index is 845. The van der Waals surface area contributed by atoms with E-state index in [2.05, 4.69) is 26.6 Å². The third-order valence-corrected chi connectivity index (χ3v) is 5.64. The molecule has 0 saturated heterocycles. The van der Waals surface area contributed by atoms with Crippen LogP contribution in [0.3, 0.4) is 0 Å². The van der Waals surface area contributed by atoms with Crippen molar-refractivity contribution in [2.45, 2.75) is 26.8 Å². The molecule has 6 nitrogen and oxygen atoms in total. The summed E-state index contributed by atoms with van der Waals surface area (Å²) in [4.78, 5) is 38.7. The van der Waals surface area contributed by atoms with Crippen molar-refractivity contribution in [2.75, 3.05) is 18.9 Å². The van der Waals surface area contributed by atoms with Crippen LogP contribution in [-0.4, -0.2) is 42.3 Å². The lowest BCUT2D eigenvalue weighted by Gasteiger charge is -2.22. The van der Waals surface area contributed by atoms with E-state index in [4.69, 9.17) is 0 Å². The van der Waals surface area contributed by atoms with Gasteiger partial charge in [-0.2, -0.15) is 0 Å². The third-order valence-electron chi connectivity index (χ3n) is 4.02. The van der Waals surface area contributed by atoms with Crippen molar-refractivity contribution in [1.29, 1.82) is 0 Å². The summed E-state index contributed by atoms with van der Waals surface area (Å²) in [7, 11) is 1.54. The number of likely N-dealkylation sites (N-methyl/N-ethyl adjacent to an activating group) is 1. The second-order valence-electron chi connectivity index (χ2n) is 6.31. The minimum Gasteiger partial charge on any atom is -0.340 e. The van der Waals surface area contributed by atoms with Crippen molar-refractivity contribution >= 4 is 50.7 Å². The van der Waals surface area contributed by atoms with Crippen LogP contribution in [0.25, 0.3) is 0 Å². The first-order chi connectivity index (χ1) is 12.7. The van der Waals surface area contributed by atoms with Crippen molar-refractivity contribution in [2.24, 2.45) is 0 Å². The first-order valence-electron chi connectivity index (χ1n) is 8.36. The van der Waals surface area contributed by atoms with Crippen LogP contribution >= 0.6 is 27.3 Å². The van der Waals surface area contributed by atoms with Crippen LogP contribution in [0, 0.1) is 13.8 Å². The summed E-state index contributed by atoms with van der Waals surface area (Å²) in [5.41, 5.74) is 2.67. The number of carbonyl (C=O) groups excluding carboxylic acids is 3. The fourth-order valence-corrected chi connectivity index (χ4v) is 3.87. The molecule has 1 unspecified atom stereocenters. The highest BCUT2D eigenvalue weighted by molar-refractivity contribution is 9.11. The second-order valence-corrected chi connectivity index (χ2v) is 8.77. The zero-order valence-electron chi connectivity index (χ0n) is 15.6. The Kier molecular flexibility index (Phi) is 7.15. The van der Waals surface area contributed by atoms with E-state index in [-0.39, 0.29) is 24.3 Å². The summed E-state index contributed by atoms with van der Waals surface area (Å²) in [5, 5.41) is 5.51. The number of amides is 3. The van der Waals surface area contributed by atoms with Gasteiger partial charge in [-0.15, -0.1) is 11.3 Å². The molecule has 0 aliphatic heterocycles. The number of aryl methyl sites for hydroxylation is 2. The standard InChI is InChI=1S/C19H22BrN3O3S/c1-11-6-5-7-12(2)17(11)22-16(24)10-23(4)19(26)13(3)21-18(25)14-8-9-15(20)27-14/h5-9,13H,10H2,1-4H3,(H,21,25)(H,22,24). The second kappa shape index (κ2) is 9.14. The maximum absolute atomic E-state index is 12.5. The lowest BCUT2D eigenvalue weighted by molar-refractivity contribution is -0.134. The van der Waals surface area contributed by atoms with Crippen molar-refractivity contribution in [1.82, 2.24) is 10.2 Å². The van der Waals surface area contributed by atoms with Gasteiger partial charge >= 0.3 is 0 Å². The van der Waals surface area contributed by atoms with Gasteiger partial charge in [0.2, 0.25) is 11.8 Å². The van der Waals surface area contributed by atoms with Gasteiger partial charge in [0.15, 0.2) is 0 Å². The molecule has 1 aromatic carbocycles. The van der Waals surface area contributed by atoms with E-state index in [0.29, 0.717) is 4.88 Å². The Morgan fingerprint density at radius 1 is 1.15 bits per heavy atom. The SMILES string of the molecule is Cc1cccc(C)c1NC(=O)CN(C)C(=O)C(C)NC(=O)c1ccc(Br)s1. The molecule has 0 bridgehead atoms. The largest absolute Gasteiger partial charge is 0.340 e. The Hall–Kier alpha value is -2.19. The van der Waals surface area contributed by atoms with Crippen LogP contribution in [0.15, 0.2) is 34.1 Å². The Morgan fingerprint density at radius 2 is 1.78 bits per heavy atom. The fraction of sp³-hybridized carbons (Fsp3) is 0.316. The van der Waals surface area contributed by atoms with Gasteiger partial charge in [0.05, 0.1) is 15.2 Å². The number of hydrogen-bond donors (Lipinski definition) is 2. The molecule has 2 aromatic rings. The summed E-state index contributed by atoms with van der Waals surface area (Å²) in [6.07, 6.45) is 0. The topological polar surface area (TPSA) is 78.5 Å². The molecule has 8 heteroatoms. The molecule has 0 fully saturated rings. The number of nitrogens with zero attached hydrogens (tertiary/aromatic N) is 1. The molecule has 0 spiro atoms. The molecule has 1 heterocycles. The smallest absolute Gasteiger partial charge is 0.262 e.